The summed E-state index contributed by atoms with van der Waals surface area (Å²) in [6, 6.07) is 8.42. The average molecular weight is 368 g/mol. The summed E-state index contributed by atoms with van der Waals surface area (Å²) in [6.45, 7) is 11.9. The van der Waals surface area contributed by atoms with Gasteiger partial charge in [0.1, 0.15) is 9.84 Å². The van der Waals surface area contributed by atoms with Crippen molar-refractivity contribution < 1.29 is 8.42 Å². The van der Waals surface area contributed by atoms with Crippen LogP contribution in [0.5, 0.6) is 0 Å². The van der Waals surface area contributed by atoms with E-state index < -0.39 is 9.84 Å². The fourth-order valence-electron chi connectivity index (χ4n) is 2.71. The predicted molar refractivity (Wildman–Crippen MR) is 107 cm³/mol. The molecule has 0 aliphatic carbocycles. The topological polar surface area (TPSA) is 70.6 Å². The summed E-state index contributed by atoms with van der Waals surface area (Å²) in [5, 5.41) is 6.54. The summed E-state index contributed by atoms with van der Waals surface area (Å²) in [7, 11) is -2.94. The van der Waals surface area contributed by atoms with Crippen molar-refractivity contribution in [3.63, 3.8) is 0 Å². The molecular weight excluding hydrogens is 334 g/mol. The normalized spacial score (nSPS) is 14.2. The van der Waals surface area contributed by atoms with E-state index in [0.717, 1.165) is 12.5 Å². The van der Waals surface area contributed by atoms with Gasteiger partial charge in [-0.15, -0.1) is 0 Å². The first-order valence-corrected chi connectivity index (χ1v) is 10.9. The summed E-state index contributed by atoms with van der Waals surface area (Å²) >= 11 is 0. The lowest BCUT2D eigenvalue weighted by atomic mass is 9.82. The third kappa shape index (κ3) is 7.90. The average Bonchev–Trinajstić information content (AvgIpc) is 2.50. The first-order valence-electron chi connectivity index (χ1n) is 8.84. The second-order valence-corrected chi connectivity index (χ2v) is 9.62. The second-order valence-electron chi connectivity index (χ2n) is 7.36. The number of aryl methyl sites for hydroxylation is 1. The van der Waals surface area contributed by atoms with Crippen molar-refractivity contribution in [2.45, 2.75) is 52.5 Å². The van der Waals surface area contributed by atoms with Gasteiger partial charge in [-0.1, -0.05) is 38.1 Å². The maximum Gasteiger partial charge on any atom is 0.191 e. The minimum Gasteiger partial charge on any atom is -0.357 e. The van der Waals surface area contributed by atoms with E-state index in [0.29, 0.717) is 13.0 Å². The molecule has 0 radical (unpaired) electrons. The van der Waals surface area contributed by atoms with Crippen molar-refractivity contribution >= 4 is 15.8 Å². The molecule has 2 N–H and O–H groups in total. The summed E-state index contributed by atoms with van der Waals surface area (Å²) in [5.74, 6) is 0.903. The van der Waals surface area contributed by atoms with Gasteiger partial charge in [0.05, 0.1) is 12.3 Å². The Balaban J connectivity index is 2.79. The van der Waals surface area contributed by atoms with Crippen LogP contribution in [0, 0.1) is 6.92 Å². The van der Waals surface area contributed by atoms with Gasteiger partial charge in [-0.05, 0) is 38.3 Å². The van der Waals surface area contributed by atoms with Crippen LogP contribution < -0.4 is 10.6 Å². The van der Waals surface area contributed by atoms with Crippen molar-refractivity contribution in [2.75, 3.05) is 25.1 Å². The van der Waals surface area contributed by atoms with Gasteiger partial charge < -0.3 is 10.6 Å². The maximum atomic E-state index is 11.3. The SMILES string of the molecule is CCNC(=NCC(C)(C)c1ccccc1C)NC(C)CCS(C)(=O)=O. The van der Waals surface area contributed by atoms with E-state index in [-0.39, 0.29) is 17.2 Å². The number of hydrogen-bond donors (Lipinski definition) is 2. The molecule has 0 spiro atoms. The minimum atomic E-state index is -2.94. The first-order chi connectivity index (χ1) is 11.5. The van der Waals surface area contributed by atoms with E-state index in [4.69, 9.17) is 4.99 Å². The molecule has 0 saturated carbocycles. The highest BCUT2D eigenvalue weighted by Crippen LogP contribution is 2.26. The van der Waals surface area contributed by atoms with Crippen LogP contribution >= 0.6 is 0 Å². The smallest absolute Gasteiger partial charge is 0.191 e. The van der Waals surface area contributed by atoms with Gasteiger partial charge in [0.25, 0.3) is 0 Å². The molecule has 0 fully saturated rings. The number of sulfone groups is 1. The zero-order valence-electron chi connectivity index (χ0n) is 16.4. The summed E-state index contributed by atoms with van der Waals surface area (Å²) in [6.07, 6.45) is 1.83. The molecule has 5 nitrogen and oxygen atoms in total. The molecule has 6 heteroatoms. The number of aliphatic imine (C=N–C) groups is 1. The van der Waals surface area contributed by atoms with Crippen molar-refractivity contribution in [1.82, 2.24) is 10.6 Å². The van der Waals surface area contributed by atoms with Crippen LogP contribution in [-0.2, 0) is 15.3 Å². The number of rotatable bonds is 8. The van der Waals surface area contributed by atoms with Crippen LogP contribution in [0.25, 0.3) is 0 Å². The van der Waals surface area contributed by atoms with Crippen LogP contribution in [0.4, 0.5) is 0 Å². The Hall–Kier alpha value is -1.56. The molecule has 0 saturated heterocycles. The predicted octanol–water partition coefficient (Wildman–Crippen LogP) is 2.65. The van der Waals surface area contributed by atoms with Crippen molar-refractivity contribution in [1.29, 1.82) is 0 Å². The Morgan fingerprint density at radius 1 is 1.28 bits per heavy atom. The third-order valence-corrected chi connectivity index (χ3v) is 5.13. The van der Waals surface area contributed by atoms with Crippen molar-refractivity contribution in [2.24, 2.45) is 4.99 Å². The van der Waals surface area contributed by atoms with Crippen LogP contribution in [0.3, 0.4) is 0 Å². The van der Waals surface area contributed by atoms with E-state index in [1.807, 2.05) is 19.9 Å². The molecule has 142 valence electrons. The largest absolute Gasteiger partial charge is 0.357 e. The molecule has 1 atom stereocenters. The second kappa shape index (κ2) is 9.22. The maximum absolute atomic E-state index is 11.3. The van der Waals surface area contributed by atoms with Crippen LogP contribution in [-0.4, -0.2) is 45.5 Å². The molecule has 0 aliphatic heterocycles. The standard InChI is InChI=1S/C19H33N3O2S/c1-7-20-18(22-16(3)12-13-25(6,23)24)21-14-19(4,5)17-11-9-8-10-15(17)2/h8-11,16H,7,12-14H2,1-6H3,(H2,20,21,22). The van der Waals surface area contributed by atoms with E-state index in [1.54, 1.807) is 0 Å². The Kier molecular flexibility index (Phi) is 7.93. The van der Waals surface area contributed by atoms with Gasteiger partial charge in [-0.3, -0.25) is 4.99 Å². The van der Waals surface area contributed by atoms with Crippen LogP contribution in [0.1, 0.15) is 45.2 Å². The number of benzene rings is 1. The number of nitrogens with zero attached hydrogens (tertiary/aromatic N) is 1. The van der Waals surface area contributed by atoms with E-state index in [1.165, 1.54) is 17.4 Å². The fraction of sp³-hybridized carbons (Fsp3) is 0.632. The van der Waals surface area contributed by atoms with Gasteiger partial charge in [-0.2, -0.15) is 0 Å². The summed E-state index contributed by atoms with van der Waals surface area (Å²) in [5.41, 5.74) is 2.48. The monoisotopic (exact) mass is 367 g/mol. The van der Waals surface area contributed by atoms with Crippen LogP contribution in [0.15, 0.2) is 29.3 Å². The molecule has 0 aliphatic rings. The van der Waals surface area contributed by atoms with E-state index >= 15 is 0 Å². The first kappa shape index (κ1) is 21.5. The van der Waals surface area contributed by atoms with Gasteiger partial charge in [0, 0.05) is 24.3 Å². The van der Waals surface area contributed by atoms with E-state index in [9.17, 15) is 8.42 Å². The molecule has 1 unspecified atom stereocenters. The van der Waals surface area contributed by atoms with Crippen LogP contribution in [0.2, 0.25) is 0 Å². The zero-order chi connectivity index (χ0) is 19.1. The van der Waals surface area contributed by atoms with Gasteiger partial charge in [0.2, 0.25) is 0 Å². The summed E-state index contributed by atoms with van der Waals surface area (Å²) < 4.78 is 22.6. The Labute approximate surface area is 153 Å². The fourth-order valence-corrected chi connectivity index (χ4v) is 3.49. The van der Waals surface area contributed by atoms with Gasteiger partial charge >= 0.3 is 0 Å². The molecular formula is C19H33N3O2S. The zero-order valence-corrected chi connectivity index (χ0v) is 17.2. The molecule has 0 amide bonds. The molecule has 1 aromatic rings. The Bertz CT molecular complexity index is 682. The number of nitrogens with one attached hydrogen (secondary N) is 2. The lowest BCUT2D eigenvalue weighted by molar-refractivity contribution is 0.530. The quantitative estimate of drug-likeness (QED) is 0.547. The van der Waals surface area contributed by atoms with Crippen molar-refractivity contribution in [3.05, 3.63) is 35.4 Å². The molecule has 0 bridgehead atoms. The molecule has 0 aromatic heterocycles. The molecule has 1 rings (SSSR count). The van der Waals surface area contributed by atoms with Gasteiger partial charge in [0.15, 0.2) is 5.96 Å². The summed E-state index contributed by atoms with van der Waals surface area (Å²) in [4.78, 5) is 4.73. The number of hydrogen-bond acceptors (Lipinski definition) is 3. The highest BCUT2D eigenvalue weighted by atomic mass is 32.2. The van der Waals surface area contributed by atoms with Crippen molar-refractivity contribution in [3.8, 4) is 0 Å². The molecule has 25 heavy (non-hydrogen) atoms. The number of guanidine groups is 1. The molecule has 0 heterocycles. The lowest BCUT2D eigenvalue weighted by Gasteiger charge is -2.26. The minimum absolute atomic E-state index is 0.0362. The van der Waals surface area contributed by atoms with Gasteiger partial charge in [-0.25, -0.2) is 8.42 Å². The Morgan fingerprint density at radius 2 is 1.92 bits per heavy atom. The van der Waals surface area contributed by atoms with E-state index in [2.05, 4.69) is 49.6 Å². The lowest BCUT2D eigenvalue weighted by Crippen LogP contribution is -2.43. The highest BCUT2D eigenvalue weighted by Gasteiger charge is 2.22. The highest BCUT2D eigenvalue weighted by molar-refractivity contribution is 7.90. The third-order valence-electron chi connectivity index (χ3n) is 4.16. The Morgan fingerprint density at radius 3 is 2.48 bits per heavy atom. The molecule has 1 aromatic carbocycles.